The molecule has 0 aliphatic carbocycles. The van der Waals surface area contributed by atoms with Crippen LogP contribution < -0.4 is 0 Å². The van der Waals surface area contributed by atoms with Crippen LogP contribution in [0, 0.1) is 0 Å². The first-order valence-electron chi connectivity index (χ1n) is 4.47. The molecule has 0 unspecified atom stereocenters. The summed E-state index contributed by atoms with van der Waals surface area (Å²) in [5, 5.41) is 8.84. The van der Waals surface area contributed by atoms with Gasteiger partial charge < -0.3 is 5.11 Å². The highest BCUT2D eigenvalue weighted by Gasteiger charge is 1.93. The van der Waals surface area contributed by atoms with Gasteiger partial charge in [0.25, 0.3) is 0 Å². The summed E-state index contributed by atoms with van der Waals surface area (Å²) in [6, 6.07) is 0. The minimum Gasteiger partial charge on any atom is -0.392 e. The van der Waals surface area contributed by atoms with Crippen molar-refractivity contribution < 1.29 is 5.11 Å². The summed E-state index contributed by atoms with van der Waals surface area (Å²) in [5.41, 5.74) is 3.79. The number of aliphatic hydroxyl groups is 1. The van der Waals surface area contributed by atoms with Crippen LogP contribution in [0.4, 0.5) is 0 Å². The summed E-state index contributed by atoms with van der Waals surface area (Å²) >= 11 is 0. The molecule has 0 saturated heterocycles. The molecule has 0 saturated carbocycles. The number of hydrogen-bond acceptors (Lipinski definition) is 1. The number of allylic oxidation sites excluding steroid dienone is 3. The zero-order chi connectivity index (χ0) is 9.56. The highest BCUT2D eigenvalue weighted by Crippen LogP contribution is 2.10. The smallest absolute Gasteiger partial charge is 0.0641 e. The maximum atomic E-state index is 8.84. The Morgan fingerprint density at radius 1 is 1.08 bits per heavy atom. The lowest BCUT2D eigenvalue weighted by atomic mass is 10.1. The first-order valence-corrected chi connectivity index (χ1v) is 4.47. The van der Waals surface area contributed by atoms with E-state index in [2.05, 4.69) is 26.8 Å². The largest absolute Gasteiger partial charge is 0.392 e. The molecule has 0 bridgehead atoms. The average Bonchev–Trinajstić information content (AvgIpc) is 2.02. The normalized spacial score (nSPS) is 12.4. The van der Waals surface area contributed by atoms with Gasteiger partial charge in [0.1, 0.15) is 0 Å². The quantitative estimate of drug-likeness (QED) is 0.640. The van der Waals surface area contributed by atoms with E-state index < -0.39 is 0 Å². The Bertz CT molecular complexity index is 183. The Morgan fingerprint density at radius 2 is 1.67 bits per heavy atom. The van der Waals surface area contributed by atoms with Crippen LogP contribution in [-0.2, 0) is 0 Å². The summed E-state index contributed by atoms with van der Waals surface area (Å²) < 4.78 is 0. The predicted octanol–water partition coefficient (Wildman–Crippen LogP) is 3.06. The topological polar surface area (TPSA) is 20.2 Å². The van der Waals surface area contributed by atoms with Gasteiger partial charge in [0, 0.05) is 0 Å². The molecule has 0 rings (SSSR count). The number of aliphatic hydroxyl groups excluding tert-OH is 1. The second-order valence-electron chi connectivity index (χ2n) is 3.54. The Morgan fingerprint density at radius 3 is 2.08 bits per heavy atom. The van der Waals surface area contributed by atoms with Crippen LogP contribution in [-0.4, -0.2) is 11.7 Å². The molecule has 1 N–H and O–H groups in total. The fraction of sp³-hybridized carbons (Fsp3) is 0.636. The van der Waals surface area contributed by atoms with E-state index in [1.54, 1.807) is 0 Å². The van der Waals surface area contributed by atoms with Crippen molar-refractivity contribution in [3.05, 3.63) is 22.8 Å². The molecule has 0 aromatic rings. The summed E-state index contributed by atoms with van der Waals surface area (Å²) in [6.07, 6.45) is 4.39. The van der Waals surface area contributed by atoms with Gasteiger partial charge in [-0.05, 0) is 46.1 Å². The second kappa shape index (κ2) is 6.01. The molecule has 0 atom stereocenters. The molecule has 0 spiro atoms. The molecule has 1 nitrogen and oxygen atoms in total. The fourth-order valence-corrected chi connectivity index (χ4v) is 0.926. The van der Waals surface area contributed by atoms with E-state index in [1.165, 1.54) is 11.1 Å². The van der Waals surface area contributed by atoms with Crippen molar-refractivity contribution in [3.63, 3.8) is 0 Å². The van der Waals surface area contributed by atoms with Crippen LogP contribution in [0.5, 0.6) is 0 Å². The lowest BCUT2D eigenvalue weighted by Gasteiger charge is -2.02. The Kier molecular flexibility index (Phi) is 5.73. The zero-order valence-electron chi connectivity index (χ0n) is 8.65. The molecular formula is C11H20O. The predicted molar refractivity (Wildman–Crippen MR) is 54.1 cm³/mol. The monoisotopic (exact) mass is 168 g/mol. The van der Waals surface area contributed by atoms with Crippen molar-refractivity contribution in [1.82, 2.24) is 0 Å². The van der Waals surface area contributed by atoms with Crippen LogP contribution in [0.2, 0.25) is 0 Å². The molecule has 0 aromatic carbocycles. The first kappa shape index (κ1) is 11.4. The van der Waals surface area contributed by atoms with Gasteiger partial charge in [-0.2, -0.15) is 0 Å². The molecule has 0 fully saturated rings. The van der Waals surface area contributed by atoms with E-state index in [4.69, 9.17) is 5.11 Å². The standard InChI is InChI=1S/C11H20O/c1-9(2)6-5-7-10(3)11(4)8-12/h6,12H,5,7-8H2,1-4H3/b11-10-. The van der Waals surface area contributed by atoms with Crippen molar-refractivity contribution >= 4 is 0 Å². The van der Waals surface area contributed by atoms with E-state index in [1.807, 2.05) is 6.92 Å². The maximum absolute atomic E-state index is 8.84. The lowest BCUT2D eigenvalue weighted by molar-refractivity contribution is 0.329. The van der Waals surface area contributed by atoms with Gasteiger partial charge in [0.05, 0.1) is 6.61 Å². The van der Waals surface area contributed by atoms with Crippen molar-refractivity contribution in [2.24, 2.45) is 0 Å². The summed E-state index contributed by atoms with van der Waals surface area (Å²) in [6.45, 7) is 8.48. The maximum Gasteiger partial charge on any atom is 0.0641 e. The van der Waals surface area contributed by atoms with Crippen LogP contribution in [0.3, 0.4) is 0 Å². The molecule has 0 aromatic heterocycles. The summed E-state index contributed by atoms with van der Waals surface area (Å²) in [4.78, 5) is 0. The highest BCUT2D eigenvalue weighted by molar-refractivity contribution is 5.10. The molecule has 0 radical (unpaired) electrons. The summed E-state index contributed by atoms with van der Waals surface area (Å²) in [5.74, 6) is 0. The third kappa shape index (κ3) is 5.14. The molecule has 0 heterocycles. The van der Waals surface area contributed by atoms with Crippen molar-refractivity contribution in [2.45, 2.75) is 40.5 Å². The van der Waals surface area contributed by atoms with Gasteiger partial charge in [0.15, 0.2) is 0 Å². The number of rotatable bonds is 4. The average molecular weight is 168 g/mol. The van der Waals surface area contributed by atoms with Crippen molar-refractivity contribution in [2.75, 3.05) is 6.61 Å². The van der Waals surface area contributed by atoms with E-state index in [9.17, 15) is 0 Å². The third-order valence-electron chi connectivity index (χ3n) is 2.04. The summed E-state index contributed by atoms with van der Waals surface area (Å²) in [7, 11) is 0. The van der Waals surface area contributed by atoms with Gasteiger partial charge in [-0.3, -0.25) is 0 Å². The Labute approximate surface area is 75.8 Å². The second-order valence-corrected chi connectivity index (χ2v) is 3.54. The zero-order valence-corrected chi connectivity index (χ0v) is 8.65. The first-order chi connectivity index (χ1) is 5.57. The van der Waals surface area contributed by atoms with Gasteiger partial charge in [-0.15, -0.1) is 0 Å². The Hall–Kier alpha value is -0.560. The van der Waals surface area contributed by atoms with Crippen LogP contribution in [0.15, 0.2) is 22.8 Å². The fourth-order valence-electron chi connectivity index (χ4n) is 0.926. The van der Waals surface area contributed by atoms with Gasteiger partial charge in [-0.1, -0.05) is 17.2 Å². The van der Waals surface area contributed by atoms with Gasteiger partial charge in [0.2, 0.25) is 0 Å². The molecule has 0 aliphatic heterocycles. The molecule has 0 aliphatic rings. The minimum absolute atomic E-state index is 0.195. The van der Waals surface area contributed by atoms with Crippen molar-refractivity contribution in [1.29, 1.82) is 0 Å². The van der Waals surface area contributed by atoms with Crippen LogP contribution >= 0.6 is 0 Å². The third-order valence-corrected chi connectivity index (χ3v) is 2.04. The number of hydrogen-bond donors (Lipinski definition) is 1. The van der Waals surface area contributed by atoms with Gasteiger partial charge in [-0.25, -0.2) is 0 Å². The molecule has 70 valence electrons. The molecule has 1 heteroatoms. The van der Waals surface area contributed by atoms with Crippen molar-refractivity contribution in [3.8, 4) is 0 Å². The molecular weight excluding hydrogens is 148 g/mol. The van der Waals surface area contributed by atoms with Gasteiger partial charge >= 0.3 is 0 Å². The SMILES string of the molecule is CC(C)=CCC/C(C)=C(/C)CO. The molecule has 12 heavy (non-hydrogen) atoms. The molecule has 0 amide bonds. The lowest BCUT2D eigenvalue weighted by Crippen LogP contribution is -1.89. The van der Waals surface area contributed by atoms with Crippen LogP contribution in [0.25, 0.3) is 0 Å². The highest BCUT2D eigenvalue weighted by atomic mass is 16.3. The van der Waals surface area contributed by atoms with E-state index in [0.717, 1.165) is 18.4 Å². The minimum atomic E-state index is 0.195. The Balaban J connectivity index is 3.86. The van der Waals surface area contributed by atoms with E-state index >= 15 is 0 Å². The van der Waals surface area contributed by atoms with Crippen LogP contribution in [0.1, 0.15) is 40.5 Å². The van der Waals surface area contributed by atoms with E-state index in [-0.39, 0.29) is 6.61 Å². The van der Waals surface area contributed by atoms with E-state index in [0.29, 0.717) is 0 Å².